The van der Waals surface area contributed by atoms with E-state index in [0.29, 0.717) is 17.5 Å². The Morgan fingerprint density at radius 1 is 1.50 bits per heavy atom. The molecule has 0 bridgehead atoms. The molecule has 2 aromatic rings. The molecule has 20 heavy (non-hydrogen) atoms. The van der Waals surface area contributed by atoms with Gasteiger partial charge < -0.3 is 9.47 Å². The zero-order valence-corrected chi connectivity index (χ0v) is 12.5. The number of aromatic nitrogens is 2. The summed E-state index contributed by atoms with van der Waals surface area (Å²) in [5.74, 6) is -0.181. The third kappa shape index (κ3) is 3.09. The molecule has 0 aliphatic heterocycles. The van der Waals surface area contributed by atoms with Crippen LogP contribution in [0.2, 0.25) is 0 Å². The van der Waals surface area contributed by atoms with Gasteiger partial charge in [-0.2, -0.15) is 4.68 Å². The quantitative estimate of drug-likeness (QED) is 0.616. The molecule has 108 valence electrons. The smallest absolute Gasteiger partial charge is 0.435 e. The van der Waals surface area contributed by atoms with Crippen LogP contribution in [0.1, 0.15) is 13.3 Å². The van der Waals surface area contributed by atoms with E-state index < -0.39 is 11.9 Å². The van der Waals surface area contributed by atoms with Crippen LogP contribution in [0, 0.1) is 5.82 Å². The number of fused-ring (bicyclic) bond motifs is 1. The minimum Gasteiger partial charge on any atom is -0.476 e. The predicted octanol–water partition coefficient (Wildman–Crippen LogP) is 3.34. The fraction of sp³-hybridized carbons (Fsp3) is 0.385. The second-order valence-electron chi connectivity index (χ2n) is 3.97. The largest absolute Gasteiger partial charge is 0.476 e. The minimum atomic E-state index is -0.612. The van der Waals surface area contributed by atoms with E-state index in [1.165, 1.54) is 18.2 Å². The first-order valence-corrected chi connectivity index (χ1v) is 7.33. The molecular formula is C13H14BrFN2O3. The van der Waals surface area contributed by atoms with Crippen molar-refractivity contribution in [2.24, 2.45) is 0 Å². The molecule has 0 amide bonds. The van der Waals surface area contributed by atoms with Crippen LogP contribution in [-0.4, -0.2) is 34.4 Å². The number of rotatable bonds is 5. The lowest BCUT2D eigenvalue weighted by Crippen LogP contribution is -2.15. The summed E-state index contributed by atoms with van der Waals surface area (Å²) in [6.07, 6.45) is 0.169. The van der Waals surface area contributed by atoms with Crippen LogP contribution < -0.4 is 4.74 Å². The van der Waals surface area contributed by atoms with Crippen molar-refractivity contribution in [1.82, 2.24) is 9.78 Å². The van der Waals surface area contributed by atoms with Gasteiger partial charge in [0.25, 0.3) is 0 Å². The van der Waals surface area contributed by atoms with Gasteiger partial charge in [-0.15, -0.1) is 5.10 Å². The lowest BCUT2D eigenvalue weighted by atomic mass is 10.2. The lowest BCUT2D eigenvalue weighted by molar-refractivity contribution is 0.151. The van der Waals surface area contributed by atoms with Crippen molar-refractivity contribution in [2.45, 2.75) is 13.3 Å². The van der Waals surface area contributed by atoms with Crippen LogP contribution >= 0.6 is 15.9 Å². The van der Waals surface area contributed by atoms with E-state index in [1.54, 1.807) is 6.92 Å². The molecule has 7 heteroatoms. The molecule has 0 atom stereocenters. The molecule has 0 saturated carbocycles. The number of alkyl halides is 1. The summed E-state index contributed by atoms with van der Waals surface area (Å²) in [5.41, 5.74) is 0.457. The first-order valence-electron chi connectivity index (χ1n) is 6.21. The van der Waals surface area contributed by atoms with Crippen molar-refractivity contribution in [3.05, 3.63) is 24.0 Å². The maximum Gasteiger partial charge on any atom is 0.435 e. The maximum atomic E-state index is 13.3. The minimum absolute atomic E-state index is 0.230. The molecule has 2 rings (SSSR count). The molecule has 0 radical (unpaired) electrons. The zero-order valence-electron chi connectivity index (χ0n) is 10.9. The van der Waals surface area contributed by atoms with E-state index in [-0.39, 0.29) is 12.5 Å². The van der Waals surface area contributed by atoms with Gasteiger partial charge in [0.1, 0.15) is 5.82 Å². The molecule has 1 aromatic heterocycles. The molecule has 0 spiro atoms. The Bertz CT molecular complexity index is 615. The van der Waals surface area contributed by atoms with Crippen LogP contribution in [0.15, 0.2) is 18.2 Å². The van der Waals surface area contributed by atoms with E-state index in [9.17, 15) is 9.18 Å². The number of hydrogen-bond donors (Lipinski definition) is 0. The van der Waals surface area contributed by atoms with Gasteiger partial charge in [0.05, 0.1) is 24.1 Å². The van der Waals surface area contributed by atoms with E-state index >= 15 is 0 Å². The number of benzene rings is 1. The summed E-state index contributed by atoms with van der Waals surface area (Å²) in [6, 6.07) is 4.04. The summed E-state index contributed by atoms with van der Waals surface area (Å²) in [7, 11) is 0. The van der Waals surface area contributed by atoms with Gasteiger partial charge in [-0.3, -0.25) is 0 Å². The molecule has 0 aliphatic rings. The number of carbonyl (C=O) groups excluding carboxylic acids is 1. The van der Waals surface area contributed by atoms with Crippen molar-refractivity contribution in [3.63, 3.8) is 0 Å². The van der Waals surface area contributed by atoms with E-state index in [4.69, 9.17) is 9.47 Å². The van der Waals surface area contributed by atoms with E-state index in [0.717, 1.165) is 16.4 Å². The normalized spacial score (nSPS) is 10.8. The SMILES string of the molecule is CCOC(=O)n1nc(OCCCBr)c2cc(F)ccc21. The summed E-state index contributed by atoms with van der Waals surface area (Å²) in [5, 5.41) is 5.30. The van der Waals surface area contributed by atoms with E-state index in [1.807, 2.05) is 0 Å². The summed E-state index contributed by atoms with van der Waals surface area (Å²) >= 11 is 3.29. The Morgan fingerprint density at radius 3 is 3.00 bits per heavy atom. The van der Waals surface area contributed by atoms with Crippen molar-refractivity contribution >= 4 is 32.9 Å². The van der Waals surface area contributed by atoms with Gasteiger partial charge in [-0.1, -0.05) is 15.9 Å². The van der Waals surface area contributed by atoms with Crippen LogP contribution in [0.3, 0.4) is 0 Å². The average Bonchev–Trinajstić information content (AvgIpc) is 2.78. The van der Waals surface area contributed by atoms with E-state index in [2.05, 4.69) is 21.0 Å². The zero-order chi connectivity index (χ0) is 14.5. The van der Waals surface area contributed by atoms with Gasteiger partial charge in [0, 0.05) is 5.33 Å². The van der Waals surface area contributed by atoms with Crippen molar-refractivity contribution in [2.75, 3.05) is 18.5 Å². The molecule has 0 saturated heterocycles. The van der Waals surface area contributed by atoms with Crippen LogP contribution in [0.4, 0.5) is 9.18 Å². The molecule has 1 heterocycles. The van der Waals surface area contributed by atoms with Crippen molar-refractivity contribution in [1.29, 1.82) is 0 Å². The monoisotopic (exact) mass is 344 g/mol. The second-order valence-corrected chi connectivity index (χ2v) is 4.76. The predicted molar refractivity (Wildman–Crippen MR) is 76.0 cm³/mol. The van der Waals surface area contributed by atoms with Gasteiger partial charge in [0.2, 0.25) is 5.88 Å². The highest BCUT2D eigenvalue weighted by molar-refractivity contribution is 9.09. The molecule has 0 aliphatic carbocycles. The number of hydrogen-bond acceptors (Lipinski definition) is 4. The first kappa shape index (κ1) is 14.8. The first-order chi connectivity index (χ1) is 9.67. The Balaban J connectivity index is 2.40. The Morgan fingerprint density at radius 2 is 2.30 bits per heavy atom. The molecular weight excluding hydrogens is 331 g/mol. The molecule has 0 unspecified atom stereocenters. The van der Waals surface area contributed by atoms with Crippen molar-refractivity contribution in [3.8, 4) is 5.88 Å². The number of carbonyl (C=O) groups is 1. The topological polar surface area (TPSA) is 53.4 Å². The lowest BCUT2D eigenvalue weighted by Gasteiger charge is -2.01. The third-order valence-corrected chi connectivity index (χ3v) is 3.13. The summed E-state index contributed by atoms with van der Waals surface area (Å²) in [6.45, 7) is 2.37. The highest BCUT2D eigenvalue weighted by Gasteiger charge is 2.17. The Hall–Kier alpha value is -1.63. The van der Waals surface area contributed by atoms with Gasteiger partial charge in [0.15, 0.2) is 0 Å². The standard InChI is InChI=1S/C13H14BrFN2O3/c1-2-19-13(18)17-11-5-4-9(15)8-10(11)12(16-17)20-7-3-6-14/h4-5,8H,2-3,6-7H2,1H3. The average molecular weight is 345 g/mol. The molecule has 5 nitrogen and oxygen atoms in total. The molecule has 0 N–H and O–H groups in total. The Labute approximate surface area is 123 Å². The maximum absolute atomic E-state index is 13.3. The van der Waals surface area contributed by atoms with Gasteiger partial charge in [-0.05, 0) is 31.5 Å². The summed E-state index contributed by atoms with van der Waals surface area (Å²) in [4.78, 5) is 11.8. The third-order valence-electron chi connectivity index (χ3n) is 2.57. The number of halogens is 2. The molecule has 0 fully saturated rings. The molecule has 1 aromatic carbocycles. The highest BCUT2D eigenvalue weighted by atomic mass is 79.9. The van der Waals surface area contributed by atoms with Crippen LogP contribution in [-0.2, 0) is 4.74 Å². The van der Waals surface area contributed by atoms with Crippen molar-refractivity contribution < 1.29 is 18.7 Å². The second kappa shape index (κ2) is 6.69. The fourth-order valence-electron chi connectivity index (χ4n) is 1.72. The summed E-state index contributed by atoms with van der Waals surface area (Å²) < 4.78 is 24.8. The highest BCUT2D eigenvalue weighted by Crippen LogP contribution is 2.26. The number of ether oxygens (including phenoxy) is 2. The van der Waals surface area contributed by atoms with Crippen LogP contribution in [0.5, 0.6) is 5.88 Å². The number of nitrogens with zero attached hydrogens (tertiary/aromatic N) is 2. The fourth-order valence-corrected chi connectivity index (χ4v) is 1.95. The van der Waals surface area contributed by atoms with Gasteiger partial charge >= 0.3 is 6.09 Å². The van der Waals surface area contributed by atoms with Gasteiger partial charge in [-0.25, -0.2) is 9.18 Å². The Kier molecular flexibility index (Phi) is 4.94. The van der Waals surface area contributed by atoms with Crippen LogP contribution in [0.25, 0.3) is 10.9 Å².